The average molecular weight is 530 g/mol. The van der Waals surface area contributed by atoms with Gasteiger partial charge in [-0.1, -0.05) is 56.7 Å². The normalized spacial score (nSPS) is 23.9. The Balaban J connectivity index is 1.57. The van der Waals surface area contributed by atoms with Crippen LogP contribution in [0, 0.1) is 11.8 Å². The Morgan fingerprint density at radius 3 is 2.79 bits per heavy atom. The average Bonchev–Trinajstić information content (AvgIpc) is 2.80. The summed E-state index contributed by atoms with van der Waals surface area (Å²) >= 11 is 4.94. The van der Waals surface area contributed by atoms with E-state index in [-0.39, 0.29) is 24.4 Å². The van der Waals surface area contributed by atoms with Gasteiger partial charge < -0.3 is 10.1 Å². The largest absolute Gasteiger partial charge is 0.496 e. The van der Waals surface area contributed by atoms with Crippen molar-refractivity contribution in [2.24, 2.45) is 11.8 Å². The molecule has 5 nitrogen and oxygen atoms in total. The molecule has 174 valence electrons. The van der Waals surface area contributed by atoms with Gasteiger partial charge >= 0.3 is 0 Å². The van der Waals surface area contributed by atoms with E-state index in [4.69, 9.17) is 4.74 Å². The molecule has 33 heavy (non-hydrogen) atoms. The first-order valence-corrected chi connectivity index (χ1v) is 12.9. The monoisotopic (exact) mass is 528 g/mol. The maximum absolute atomic E-state index is 13.5. The number of amides is 2. The van der Waals surface area contributed by atoms with Crippen molar-refractivity contribution in [2.75, 3.05) is 18.6 Å². The van der Waals surface area contributed by atoms with Crippen molar-refractivity contribution >= 4 is 51.3 Å². The zero-order chi connectivity index (χ0) is 23.5. The van der Waals surface area contributed by atoms with Crippen molar-refractivity contribution in [3.63, 3.8) is 0 Å². The number of nitrogens with zero attached hydrogens (tertiary/aromatic N) is 1. The van der Waals surface area contributed by atoms with Crippen LogP contribution in [0.3, 0.4) is 0 Å². The lowest BCUT2D eigenvalue weighted by Gasteiger charge is -2.35. The molecule has 1 saturated carbocycles. The highest BCUT2D eigenvalue weighted by molar-refractivity contribution is 9.10. The van der Waals surface area contributed by atoms with Gasteiger partial charge in [-0.05, 0) is 70.1 Å². The molecule has 0 spiro atoms. The molecule has 2 aromatic rings. The lowest BCUT2D eigenvalue weighted by molar-refractivity contribution is -0.123. The van der Waals surface area contributed by atoms with E-state index in [0.29, 0.717) is 16.7 Å². The Hall–Kier alpha value is -2.25. The highest BCUT2D eigenvalue weighted by Crippen LogP contribution is 2.42. The van der Waals surface area contributed by atoms with Crippen molar-refractivity contribution in [1.29, 1.82) is 0 Å². The van der Waals surface area contributed by atoms with Crippen LogP contribution in [0.2, 0.25) is 0 Å². The Labute approximate surface area is 208 Å². The third kappa shape index (κ3) is 5.30. The summed E-state index contributed by atoms with van der Waals surface area (Å²) in [6.45, 7) is 4.47. The summed E-state index contributed by atoms with van der Waals surface area (Å²) in [4.78, 5) is 29.6. The SMILES string of the molecule is COc1ccc(/C=C2/Sc3ccccc3N(CC(=O)N[C@@H]3CCC[C@@H](C)[C@H]3C)C2=O)cc1Br. The van der Waals surface area contributed by atoms with Gasteiger partial charge in [-0.2, -0.15) is 0 Å². The van der Waals surface area contributed by atoms with Crippen molar-refractivity contribution < 1.29 is 14.3 Å². The quantitative estimate of drug-likeness (QED) is 0.492. The summed E-state index contributed by atoms with van der Waals surface area (Å²) in [5.74, 6) is 1.49. The molecular formula is C26H29BrN2O3S. The summed E-state index contributed by atoms with van der Waals surface area (Å²) in [7, 11) is 1.62. The molecule has 7 heteroatoms. The van der Waals surface area contributed by atoms with Crippen LogP contribution < -0.4 is 15.0 Å². The first kappa shape index (κ1) is 23.9. The number of thioether (sulfide) groups is 1. The van der Waals surface area contributed by atoms with E-state index in [1.165, 1.54) is 18.2 Å². The van der Waals surface area contributed by atoms with Crippen LogP contribution in [0.25, 0.3) is 6.08 Å². The highest BCUT2D eigenvalue weighted by Gasteiger charge is 2.32. The molecule has 1 heterocycles. The Morgan fingerprint density at radius 2 is 2.03 bits per heavy atom. The number of anilines is 1. The Bertz CT molecular complexity index is 1090. The molecule has 1 aliphatic carbocycles. The number of hydrogen-bond donors (Lipinski definition) is 1. The molecule has 3 atom stereocenters. The molecule has 0 saturated heterocycles. The van der Waals surface area contributed by atoms with Crippen LogP contribution >= 0.6 is 27.7 Å². The Morgan fingerprint density at radius 1 is 1.24 bits per heavy atom. The smallest absolute Gasteiger partial charge is 0.265 e. The molecule has 2 aromatic carbocycles. The van der Waals surface area contributed by atoms with Crippen LogP contribution in [0.4, 0.5) is 5.69 Å². The molecule has 2 amide bonds. The van der Waals surface area contributed by atoms with Gasteiger partial charge in [0.15, 0.2) is 0 Å². The summed E-state index contributed by atoms with van der Waals surface area (Å²) in [5.41, 5.74) is 1.66. The molecule has 0 radical (unpaired) electrons. The third-order valence-corrected chi connectivity index (χ3v) is 8.36. The lowest BCUT2D eigenvalue weighted by Crippen LogP contribution is -2.49. The van der Waals surface area contributed by atoms with Crippen molar-refractivity contribution in [3.05, 3.63) is 57.4 Å². The van der Waals surface area contributed by atoms with Crippen LogP contribution in [-0.2, 0) is 9.59 Å². The van der Waals surface area contributed by atoms with Gasteiger partial charge in [0.2, 0.25) is 5.91 Å². The number of ether oxygens (including phenoxy) is 1. The number of carbonyl (C=O) groups excluding carboxylic acids is 2. The predicted octanol–water partition coefficient (Wildman–Crippen LogP) is 5.88. The van der Waals surface area contributed by atoms with E-state index in [1.807, 2.05) is 48.5 Å². The first-order chi connectivity index (χ1) is 15.9. The van der Waals surface area contributed by atoms with E-state index in [1.54, 1.807) is 12.0 Å². The molecular weight excluding hydrogens is 500 g/mol. The summed E-state index contributed by atoms with van der Waals surface area (Å²) in [6, 6.07) is 13.6. The lowest BCUT2D eigenvalue weighted by atomic mass is 9.78. The number of nitrogens with one attached hydrogen (secondary N) is 1. The molecule has 4 rings (SSSR count). The van der Waals surface area contributed by atoms with Gasteiger partial charge in [0.25, 0.3) is 5.91 Å². The van der Waals surface area contributed by atoms with E-state index < -0.39 is 0 Å². The second-order valence-corrected chi connectivity index (χ2v) is 10.7. The van der Waals surface area contributed by atoms with Crippen LogP contribution in [0.5, 0.6) is 5.75 Å². The maximum atomic E-state index is 13.5. The number of benzene rings is 2. The minimum atomic E-state index is -0.161. The number of hydrogen-bond acceptors (Lipinski definition) is 4. The summed E-state index contributed by atoms with van der Waals surface area (Å²) < 4.78 is 6.12. The molecule has 2 aliphatic rings. The van der Waals surface area contributed by atoms with E-state index >= 15 is 0 Å². The second-order valence-electron chi connectivity index (χ2n) is 8.80. The number of para-hydroxylation sites is 1. The van der Waals surface area contributed by atoms with Crippen LogP contribution in [0.1, 0.15) is 38.7 Å². The van der Waals surface area contributed by atoms with Gasteiger partial charge in [0.1, 0.15) is 12.3 Å². The van der Waals surface area contributed by atoms with E-state index in [9.17, 15) is 9.59 Å². The standard InChI is InChI=1S/C26H29BrN2O3S/c1-16-7-6-8-20(17(16)2)28-25(30)15-29-21-9-4-5-10-23(21)33-24(26(29)31)14-18-11-12-22(32-3)19(27)13-18/h4-5,9-14,16-17,20H,6-8,15H2,1-3H3,(H,28,30)/b24-14+/t16-,17-,20-/m1/s1. The second kappa shape index (κ2) is 10.3. The van der Waals surface area contributed by atoms with Gasteiger partial charge in [-0.25, -0.2) is 0 Å². The minimum Gasteiger partial charge on any atom is -0.496 e. The summed E-state index contributed by atoms with van der Waals surface area (Å²) in [6.07, 6.45) is 5.19. The van der Waals surface area contributed by atoms with Crippen molar-refractivity contribution in [3.8, 4) is 5.75 Å². The van der Waals surface area contributed by atoms with E-state index in [0.717, 1.165) is 39.2 Å². The molecule has 0 bridgehead atoms. The molecule has 0 unspecified atom stereocenters. The molecule has 1 N–H and O–H groups in total. The predicted molar refractivity (Wildman–Crippen MR) is 137 cm³/mol. The van der Waals surface area contributed by atoms with E-state index in [2.05, 4.69) is 35.1 Å². The zero-order valence-corrected chi connectivity index (χ0v) is 21.5. The third-order valence-electron chi connectivity index (χ3n) is 6.66. The first-order valence-electron chi connectivity index (χ1n) is 11.3. The number of fused-ring (bicyclic) bond motifs is 1. The fraction of sp³-hybridized carbons (Fsp3) is 0.385. The number of halogens is 1. The fourth-order valence-corrected chi connectivity index (χ4v) is 6.14. The van der Waals surface area contributed by atoms with Crippen LogP contribution in [0.15, 0.2) is 56.7 Å². The van der Waals surface area contributed by atoms with Gasteiger partial charge in [0, 0.05) is 10.9 Å². The zero-order valence-electron chi connectivity index (χ0n) is 19.1. The highest BCUT2D eigenvalue weighted by atomic mass is 79.9. The number of methoxy groups -OCH3 is 1. The van der Waals surface area contributed by atoms with Gasteiger partial charge in [0.05, 0.1) is 22.2 Å². The van der Waals surface area contributed by atoms with Crippen molar-refractivity contribution in [2.45, 2.75) is 44.0 Å². The maximum Gasteiger partial charge on any atom is 0.265 e. The molecule has 1 fully saturated rings. The molecule has 0 aromatic heterocycles. The van der Waals surface area contributed by atoms with Crippen molar-refractivity contribution in [1.82, 2.24) is 5.32 Å². The van der Waals surface area contributed by atoms with Gasteiger partial charge in [-0.15, -0.1) is 0 Å². The minimum absolute atomic E-state index is 0.0116. The fourth-order valence-electron chi connectivity index (χ4n) is 4.52. The van der Waals surface area contributed by atoms with Gasteiger partial charge in [-0.3, -0.25) is 14.5 Å². The summed E-state index contributed by atoms with van der Waals surface area (Å²) in [5, 5.41) is 3.20. The number of carbonyl (C=O) groups is 2. The molecule has 1 aliphatic heterocycles. The number of rotatable bonds is 5. The van der Waals surface area contributed by atoms with Crippen LogP contribution in [-0.4, -0.2) is 31.5 Å². The topological polar surface area (TPSA) is 58.6 Å². The Kier molecular flexibility index (Phi) is 7.49.